The molecule has 0 spiro atoms. The molecule has 4 heterocycles. The van der Waals surface area contributed by atoms with Crippen LogP contribution in [0.25, 0.3) is 0 Å². The average Bonchev–Trinajstić information content (AvgIpc) is 3.48. The molecule has 2 aliphatic heterocycles. The van der Waals surface area contributed by atoms with Crippen molar-refractivity contribution in [2.24, 2.45) is 0 Å². The average molecular weight is 559 g/mol. The molecule has 41 heavy (non-hydrogen) atoms. The third-order valence-electron chi connectivity index (χ3n) is 7.19. The fourth-order valence-electron chi connectivity index (χ4n) is 4.99. The van der Waals surface area contributed by atoms with Crippen molar-refractivity contribution in [2.75, 3.05) is 60.5 Å². The van der Waals surface area contributed by atoms with Gasteiger partial charge >= 0.3 is 0 Å². The third kappa shape index (κ3) is 6.22. The van der Waals surface area contributed by atoms with Gasteiger partial charge in [-0.2, -0.15) is 0 Å². The monoisotopic (exact) mass is 558 g/mol. The molecule has 0 bridgehead atoms. The Labute approximate surface area is 238 Å². The summed E-state index contributed by atoms with van der Waals surface area (Å²) in [4.78, 5) is 47.3. The van der Waals surface area contributed by atoms with E-state index in [2.05, 4.69) is 43.1 Å². The molecule has 1 atom stereocenters. The zero-order valence-corrected chi connectivity index (χ0v) is 23.5. The standard InChI is InChI=1S/C29H34N8O4/c1-5-29(39)34-22-14-23(26(40-4)15-25(22)36-11-9-35(10-12-36)20(3)38)33-27-16-28(32-18-31-27)37-24(8-13-41-37)21-7-6-19(2)30-17-21/h5-7,14-18,24H,1,8-13H2,2-4H3,(H,34,39)(H,31,32,33)/t24-/m1/s1. The Morgan fingerprint density at radius 3 is 2.59 bits per heavy atom. The summed E-state index contributed by atoms with van der Waals surface area (Å²) in [6, 6.07) is 9.50. The molecule has 2 amide bonds. The molecule has 12 heteroatoms. The van der Waals surface area contributed by atoms with Gasteiger partial charge in [-0.3, -0.25) is 19.4 Å². The zero-order chi connectivity index (χ0) is 28.9. The summed E-state index contributed by atoms with van der Waals surface area (Å²) in [6.45, 7) is 10.1. The second-order valence-corrected chi connectivity index (χ2v) is 9.84. The first-order chi connectivity index (χ1) is 19.9. The number of hydrogen-bond acceptors (Lipinski definition) is 10. The van der Waals surface area contributed by atoms with E-state index in [0.29, 0.717) is 61.5 Å². The molecule has 5 rings (SSSR count). The third-order valence-corrected chi connectivity index (χ3v) is 7.19. The van der Waals surface area contributed by atoms with Gasteiger partial charge in [0.2, 0.25) is 11.8 Å². The first-order valence-corrected chi connectivity index (χ1v) is 13.5. The van der Waals surface area contributed by atoms with Gasteiger partial charge in [-0.25, -0.2) is 15.0 Å². The number of hydroxylamine groups is 1. The number of ether oxygens (including phenoxy) is 1. The number of nitrogens with zero attached hydrogens (tertiary/aromatic N) is 6. The summed E-state index contributed by atoms with van der Waals surface area (Å²) in [5.41, 5.74) is 3.97. The van der Waals surface area contributed by atoms with E-state index >= 15 is 0 Å². The molecule has 2 N–H and O–H groups in total. The molecular weight excluding hydrogens is 524 g/mol. The van der Waals surface area contributed by atoms with Crippen molar-refractivity contribution in [3.05, 3.63) is 66.8 Å². The van der Waals surface area contributed by atoms with Crippen molar-refractivity contribution in [2.45, 2.75) is 26.3 Å². The highest BCUT2D eigenvalue weighted by atomic mass is 16.7. The number of amides is 2. The lowest BCUT2D eigenvalue weighted by atomic mass is 10.1. The number of pyridine rings is 1. The molecule has 0 unspecified atom stereocenters. The molecule has 0 saturated carbocycles. The number of methoxy groups -OCH3 is 1. The normalized spacial score (nSPS) is 16.9. The van der Waals surface area contributed by atoms with E-state index in [1.54, 1.807) is 25.2 Å². The van der Waals surface area contributed by atoms with Gasteiger partial charge in [0.05, 0.1) is 36.8 Å². The summed E-state index contributed by atoms with van der Waals surface area (Å²) in [5, 5.41) is 8.01. The van der Waals surface area contributed by atoms with Crippen molar-refractivity contribution in [3.63, 3.8) is 0 Å². The molecule has 3 aromatic rings. The minimum atomic E-state index is -0.336. The first kappa shape index (κ1) is 27.8. The maximum atomic E-state index is 12.3. The van der Waals surface area contributed by atoms with Gasteiger partial charge in [-0.15, -0.1) is 0 Å². The van der Waals surface area contributed by atoms with Crippen LogP contribution in [-0.4, -0.2) is 71.6 Å². The molecule has 2 fully saturated rings. The quantitative estimate of drug-likeness (QED) is 0.396. The number of carbonyl (C=O) groups excluding carboxylic acids is 2. The number of carbonyl (C=O) groups is 2. The molecule has 12 nitrogen and oxygen atoms in total. The topological polar surface area (TPSA) is 125 Å². The number of benzene rings is 1. The summed E-state index contributed by atoms with van der Waals surface area (Å²) in [5.74, 6) is 1.40. The van der Waals surface area contributed by atoms with Crippen LogP contribution in [0.15, 0.2) is 55.5 Å². The zero-order valence-electron chi connectivity index (χ0n) is 23.5. The molecule has 2 aliphatic rings. The van der Waals surface area contributed by atoms with E-state index in [-0.39, 0.29) is 17.9 Å². The van der Waals surface area contributed by atoms with E-state index in [1.165, 1.54) is 12.4 Å². The predicted molar refractivity (Wildman–Crippen MR) is 156 cm³/mol. The van der Waals surface area contributed by atoms with Crippen LogP contribution < -0.4 is 25.3 Å². The molecule has 2 aromatic heterocycles. The molecule has 214 valence electrons. The number of hydrogen-bond donors (Lipinski definition) is 2. The van der Waals surface area contributed by atoms with Gasteiger partial charge in [-0.05, 0) is 30.7 Å². The van der Waals surface area contributed by atoms with Gasteiger partial charge < -0.3 is 25.2 Å². The van der Waals surface area contributed by atoms with E-state index in [0.717, 1.165) is 23.4 Å². The minimum Gasteiger partial charge on any atom is -0.494 e. The highest BCUT2D eigenvalue weighted by Crippen LogP contribution is 2.40. The predicted octanol–water partition coefficient (Wildman–Crippen LogP) is 3.61. The number of anilines is 5. The van der Waals surface area contributed by atoms with Gasteiger partial charge in [0.15, 0.2) is 5.82 Å². The number of piperazine rings is 1. The number of rotatable bonds is 8. The van der Waals surface area contributed by atoms with E-state index < -0.39 is 0 Å². The van der Waals surface area contributed by atoms with E-state index in [9.17, 15) is 9.59 Å². The van der Waals surface area contributed by atoms with Crippen molar-refractivity contribution in [1.29, 1.82) is 0 Å². The van der Waals surface area contributed by atoms with E-state index in [4.69, 9.17) is 9.57 Å². The van der Waals surface area contributed by atoms with Crippen molar-refractivity contribution < 1.29 is 19.2 Å². The second-order valence-electron chi connectivity index (χ2n) is 9.84. The Morgan fingerprint density at radius 2 is 1.90 bits per heavy atom. The van der Waals surface area contributed by atoms with Gasteiger partial charge in [-0.1, -0.05) is 12.6 Å². The molecule has 1 aromatic carbocycles. The highest BCUT2D eigenvalue weighted by Gasteiger charge is 2.30. The van der Waals surface area contributed by atoms with Crippen LogP contribution in [0.5, 0.6) is 5.75 Å². The lowest BCUT2D eigenvalue weighted by Gasteiger charge is -2.36. The fourth-order valence-corrected chi connectivity index (χ4v) is 4.99. The largest absolute Gasteiger partial charge is 0.494 e. The Hall–Kier alpha value is -4.71. The highest BCUT2D eigenvalue weighted by molar-refractivity contribution is 6.02. The van der Waals surface area contributed by atoms with Crippen LogP contribution in [0.3, 0.4) is 0 Å². The maximum Gasteiger partial charge on any atom is 0.247 e. The Kier molecular flexibility index (Phi) is 8.29. The maximum absolute atomic E-state index is 12.3. The Balaban J connectivity index is 1.42. The number of aromatic nitrogens is 3. The van der Waals surface area contributed by atoms with Crippen LogP contribution in [-0.2, 0) is 14.4 Å². The molecule has 0 radical (unpaired) electrons. The summed E-state index contributed by atoms with van der Waals surface area (Å²) in [6.07, 6.45) is 5.37. The smallest absolute Gasteiger partial charge is 0.247 e. The summed E-state index contributed by atoms with van der Waals surface area (Å²) in [7, 11) is 1.59. The summed E-state index contributed by atoms with van der Waals surface area (Å²) >= 11 is 0. The van der Waals surface area contributed by atoms with Crippen molar-refractivity contribution in [3.8, 4) is 5.75 Å². The lowest BCUT2D eigenvalue weighted by molar-refractivity contribution is -0.129. The van der Waals surface area contributed by atoms with Gasteiger partial charge in [0, 0.05) is 63.5 Å². The minimum absolute atomic E-state index is 0.0242. The SMILES string of the molecule is C=CC(=O)Nc1cc(Nc2cc(N3OCC[C@@H]3c3ccc(C)nc3)ncn2)c(OC)cc1N1CCN(C(C)=O)CC1. The molecular formula is C29H34N8O4. The molecule has 2 saturated heterocycles. The Morgan fingerprint density at radius 1 is 1.10 bits per heavy atom. The lowest BCUT2D eigenvalue weighted by Crippen LogP contribution is -2.48. The van der Waals surface area contributed by atoms with Crippen LogP contribution in [0.4, 0.5) is 28.7 Å². The van der Waals surface area contributed by atoms with E-state index in [1.807, 2.05) is 36.2 Å². The van der Waals surface area contributed by atoms with Crippen LogP contribution in [0, 0.1) is 6.92 Å². The summed E-state index contributed by atoms with van der Waals surface area (Å²) < 4.78 is 5.74. The van der Waals surface area contributed by atoms with Gasteiger partial charge in [0.25, 0.3) is 0 Å². The van der Waals surface area contributed by atoms with Crippen LogP contribution >= 0.6 is 0 Å². The number of aryl methyl sites for hydroxylation is 1. The van der Waals surface area contributed by atoms with Crippen LogP contribution in [0.2, 0.25) is 0 Å². The second kappa shape index (κ2) is 12.2. The first-order valence-electron chi connectivity index (χ1n) is 13.5. The Bertz CT molecular complexity index is 1420. The molecule has 0 aliphatic carbocycles. The van der Waals surface area contributed by atoms with Crippen molar-refractivity contribution in [1.82, 2.24) is 19.9 Å². The van der Waals surface area contributed by atoms with Crippen molar-refractivity contribution >= 4 is 40.5 Å². The number of nitrogens with one attached hydrogen (secondary N) is 2. The van der Waals surface area contributed by atoms with Gasteiger partial charge in [0.1, 0.15) is 17.9 Å². The fraction of sp³-hybridized carbons (Fsp3) is 0.345. The van der Waals surface area contributed by atoms with Crippen LogP contribution in [0.1, 0.15) is 30.6 Å².